The van der Waals surface area contributed by atoms with E-state index in [2.05, 4.69) is 10.2 Å². The van der Waals surface area contributed by atoms with Crippen molar-refractivity contribution < 1.29 is 19.0 Å². The summed E-state index contributed by atoms with van der Waals surface area (Å²) < 4.78 is 15.8. The molecule has 0 bridgehead atoms. The van der Waals surface area contributed by atoms with E-state index in [-0.39, 0.29) is 11.9 Å². The number of methoxy groups -OCH3 is 3. The summed E-state index contributed by atoms with van der Waals surface area (Å²) in [6, 6.07) is 3.43. The zero-order valence-corrected chi connectivity index (χ0v) is 13.2. The maximum absolute atomic E-state index is 12.6. The number of carbonyl (C=O) groups excluding carboxylic acids is 1. The highest BCUT2D eigenvalue weighted by atomic mass is 16.5. The van der Waals surface area contributed by atoms with E-state index in [4.69, 9.17) is 14.2 Å². The lowest BCUT2D eigenvalue weighted by molar-refractivity contribution is 0.0475. The van der Waals surface area contributed by atoms with E-state index in [1.165, 1.54) is 21.3 Å². The van der Waals surface area contributed by atoms with Crippen molar-refractivity contribution in [1.82, 2.24) is 19.9 Å². The van der Waals surface area contributed by atoms with Crippen LogP contribution in [0, 0.1) is 0 Å². The van der Waals surface area contributed by atoms with E-state index in [0.29, 0.717) is 35.9 Å². The summed E-state index contributed by atoms with van der Waals surface area (Å²) >= 11 is 0. The van der Waals surface area contributed by atoms with Gasteiger partial charge in [-0.3, -0.25) is 4.79 Å². The molecule has 0 radical (unpaired) electrons. The van der Waals surface area contributed by atoms with Crippen LogP contribution in [0.1, 0.15) is 16.4 Å². The van der Waals surface area contributed by atoms with E-state index in [1.807, 2.05) is 0 Å². The minimum absolute atomic E-state index is 0.0901. The summed E-state index contributed by atoms with van der Waals surface area (Å²) in [4.78, 5) is 16.0. The first-order valence-electron chi connectivity index (χ1n) is 7.13. The summed E-state index contributed by atoms with van der Waals surface area (Å²) in [5.41, 5.74) is 0.492. The topological polar surface area (TPSA) is 78.7 Å². The highest BCUT2D eigenvalue weighted by Crippen LogP contribution is 2.38. The van der Waals surface area contributed by atoms with Gasteiger partial charge >= 0.3 is 0 Å². The van der Waals surface area contributed by atoms with Crippen molar-refractivity contribution in [3.8, 4) is 17.2 Å². The fourth-order valence-electron chi connectivity index (χ4n) is 2.57. The molecule has 0 N–H and O–H groups in total. The van der Waals surface area contributed by atoms with Crippen LogP contribution in [0.25, 0.3) is 0 Å². The lowest BCUT2D eigenvalue weighted by Gasteiger charge is -2.38. The first kappa shape index (κ1) is 15.1. The molecule has 8 nitrogen and oxygen atoms in total. The van der Waals surface area contributed by atoms with Gasteiger partial charge in [-0.05, 0) is 12.1 Å². The lowest BCUT2D eigenvalue weighted by atomic mass is 10.1. The van der Waals surface area contributed by atoms with Gasteiger partial charge in [0, 0.05) is 18.7 Å². The Hall–Kier alpha value is -2.77. The number of benzene rings is 1. The normalized spacial score (nSPS) is 14.3. The number of ether oxygens (including phenoxy) is 3. The van der Waals surface area contributed by atoms with Gasteiger partial charge in [-0.2, -0.15) is 15.0 Å². The quantitative estimate of drug-likeness (QED) is 0.818. The van der Waals surface area contributed by atoms with Crippen LogP contribution in [0.3, 0.4) is 0 Å². The number of hydrogen-bond donors (Lipinski definition) is 0. The minimum atomic E-state index is -0.0901. The van der Waals surface area contributed by atoms with Gasteiger partial charge in [0.25, 0.3) is 5.91 Å². The molecule has 23 heavy (non-hydrogen) atoms. The molecule has 1 aromatic heterocycles. The van der Waals surface area contributed by atoms with Gasteiger partial charge in [-0.15, -0.1) is 0 Å². The average Bonchev–Trinajstić information content (AvgIpc) is 3.05. The van der Waals surface area contributed by atoms with Gasteiger partial charge in [0.2, 0.25) is 5.75 Å². The zero-order valence-electron chi connectivity index (χ0n) is 13.2. The summed E-state index contributed by atoms with van der Waals surface area (Å²) in [7, 11) is 4.57. The Morgan fingerprint density at radius 2 is 1.61 bits per heavy atom. The van der Waals surface area contributed by atoms with Crippen molar-refractivity contribution in [2.24, 2.45) is 0 Å². The second-order valence-corrected chi connectivity index (χ2v) is 5.13. The number of likely N-dealkylation sites (tertiary alicyclic amines) is 1. The average molecular weight is 318 g/mol. The van der Waals surface area contributed by atoms with Gasteiger partial charge in [0.05, 0.1) is 33.7 Å². The molecule has 3 rings (SSSR count). The number of aromatic nitrogens is 3. The first-order chi connectivity index (χ1) is 11.2. The second kappa shape index (κ2) is 6.15. The van der Waals surface area contributed by atoms with Crippen LogP contribution in [-0.4, -0.2) is 60.2 Å². The number of amides is 1. The van der Waals surface area contributed by atoms with Crippen molar-refractivity contribution in [2.75, 3.05) is 34.4 Å². The summed E-state index contributed by atoms with van der Waals surface area (Å²) in [6.45, 7) is 1.15. The third-order valence-corrected chi connectivity index (χ3v) is 3.82. The molecule has 0 atom stereocenters. The molecule has 0 saturated carbocycles. The Morgan fingerprint density at radius 1 is 1.04 bits per heavy atom. The molecule has 2 aromatic rings. The van der Waals surface area contributed by atoms with Gasteiger partial charge < -0.3 is 19.1 Å². The number of rotatable bonds is 5. The Labute approximate surface area is 133 Å². The molecule has 1 aromatic carbocycles. The Kier molecular flexibility index (Phi) is 4.05. The Bertz CT molecular complexity index is 671. The van der Waals surface area contributed by atoms with Crippen molar-refractivity contribution in [3.63, 3.8) is 0 Å². The molecule has 0 spiro atoms. The van der Waals surface area contributed by atoms with Crippen LogP contribution in [0.15, 0.2) is 24.5 Å². The molecule has 122 valence electrons. The Morgan fingerprint density at radius 3 is 2.09 bits per heavy atom. The number of nitrogens with zero attached hydrogens (tertiary/aromatic N) is 4. The molecule has 1 fully saturated rings. The molecule has 1 saturated heterocycles. The molecule has 0 aliphatic carbocycles. The SMILES string of the molecule is COc1cc(C(=O)N2CC(n3nccn3)C2)cc(OC)c1OC. The predicted molar refractivity (Wildman–Crippen MR) is 81.1 cm³/mol. The molecular formula is C15H18N4O4. The van der Waals surface area contributed by atoms with Crippen molar-refractivity contribution in [3.05, 3.63) is 30.1 Å². The summed E-state index contributed by atoms with van der Waals surface area (Å²) in [5.74, 6) is 1.29. The van der Waals surface area contributed by atoms with E-state index in [9.17, 15) is 4.79 Å². The van der Waals surface area contributed by atoms with Crippen LogP contribution in [0.4, 0.5) is 0 Å². The number of carbonyl (C=O) groups is 1. The van der Waals surface area contributed by atoms with Gasteiger partial charge in [0.1, 0.15) is 6.04 Å². The molecule has 1 aliphatic rings. The van der Waals surface area contributed by atoms with Crippen LogP contribution in [-0.2, 0) is 0 Å². The standard InChI is InChI=1S/C15H18N4O4/c1-21-12-6-10(7-13(22-2)14(12)23-3)15(20)18-8-11(9-18)19-16-4-5-17-19/h4-7,11H,8-9H2,1-3H3. The third kappa shape index (κ3) is 2.67. The van der Waals surface area contributed by atoms with E-state index < -0.39 is 0 Å². The van der Waals surface area contributed by atoms with Gasteiger partial charge in [0.15, 0.2) is 11.5 Å². The van der Waals surface area contributed by atoms with Crippen LogP contribution >= 0.6 is 0 Å². The minimum Gasteiger partial charge on any atom is -0.493 e. The maximum Gasteiger partial charge on any atom is 0.254 e. The van der Waals surface area contributed by atoms with Crippen molar-refractivity contribution >= 4 is 5.91 Å². The molecular weight excluding hydrogens is 300 g/mol. The third-order valence-electron chi connectivity index (χ3n) is 3.82. The fraction of sp³-hybridized carbons (Fsp3) is 0.400. The molecule has 1 amide bonds. The van der Waals surface area contributed by atoms with Crippen molar-refractivity contribution in [1.29, 1.82) is 0 Å². The van der Waals surface area contributed by atoms with Gasteiger partial charge in [-0.1, -0.05) is 0 Å². The van der Waals surface area contributed by atoms with Crippen LogP contribution in [0.2, 0.25) is 0 Å². The fourth-order valence-corrected chi connectivity index (χ4v) is 2.57. The molecule has 1 aliphatic heterocycles. The smallest absolute Gasteiger partial charge is 0.254 e. The predicted octanol–water partition coefficient (Wildman–Crippen LogP) is 1.00. The monoisotopic (exact) mass is 318 g/mol. The highest BCUT2D eigenvalue weighted by Gasteiger charge is 2.34. The van der Waals surface area contributed by atoms with Crippen LogP contribution in [0.5, 0.6) is 17.2 Å². The molecule has 0 unspecified atom stereocenters. The van der Waals surface area contributed by atoms with Crippen LogP contribution < -0.4 is 14.2 Å². The summed E-state index contributed by atoms with van der Waals surface area (Å²) in [5, 5.41) is 8.19. The highest BCUT2D eigenvalue weighted by molar-refractivity contribution is 5.96. The van der Waals surface area contributed by atoms with Gasteiger partial charge in [-0.25, -0.2) is 0 Å². The van der Waals surface area contributed by atoms with E-state index in [1.54, 1.807) is 34.2 Å². The summed E-state index contributed by atoms with van der Waals surface area (Å²) in [6.07, 6.45) is 3.26. The molecule has 2 heterocycles. The maximum atomic E-state index is 12.6. The first-order valence-corrected chi connectivity index (χ1v) is 7.13. The zero-order chi connectivity index (χ0) is 16.4. The second-order valence-electron chi connectivity index (χ2n) is 5.13. The Balaban J connectivity index is 1.78. The molecule has 8 heteroatoms. The van der Waals surface area contributed by atoms with E-state index in [0.717, 1.165) is 0 Å². The van der Waals surface area contributed by atoms with Crippen molar-refractivity contribution in [2.45, 2.75) is 6.04 Å². The lowest BCUT2D eigenvalue weighted by Crippen LogP contribution is -2.51. The number of hydrogen-bond acceptors (Lipinski definition) is 6. The van der Waals surface area contributed by atoms with E-state index >= 15 is 0 Å². The largest absolute Gasteiger partial charge is 0.493 e.